The van der Waals surface area contributed by atoms with Crippen LogP contribution in [0.1, 0.15) is 32.1 Å². The van der Waals surface area contributed by atoms with Crippen molar-refractivity contribution in [1.82, 2.24) is 0 Å². The lowest BCUT2D eigenvalue weighted by Crippen LogP contribution is -2.67. The molecule has 4 fully saturated rings. The van der Waals surface area contributed by atoms with E-state index in [1.54, 1.807) is 0 Å². The largest absolute Gasteiger partial charge is 0.469 e. The van der Waals surface area contributed by atoms with Gasteiger partial charge in [-0.3, -0.25) is 4.79 Å². The number of carbonyl (C=O) groups excluding carboxylic acids is 1. The summed E-state index contributed by atoms with van der Waals surface area (Å²) in [5.41, 5.74) is -0.964. The van der Waals surface area contributed by atoms with Crippen LogP contribution in [0.2, 0.25) is 18.6 Å². The molecular formula is C22H30O5Si. The van der Waals surface area contributed by atoms with Crippen molar-refractivity contribution in [3.05, 3.63) is 30.3 Å². The second kappa shape index (κ2) is 6.14. The van der Waals surface area contributed by atoms with Crippen LogP contribution in [-0.2, 0) is 23.7 Å². The van der Waals surface area contributed by atoms with Gasteiger partial charge in [-0.2, -0.15) is 0 Å². The average molecular weight is 403 g/mol. The third-order valence-electron chi connectivity index (χ3n) is 8.00. The van der Waals surface area contributed by atoms with E-state index in [0.29, 0.717) is 19.6 Å². The van der Waals surface area contributed by atoms with Crippen LogP contribution in [0.4, 0.5) is 0 Å². The minimum absolute atomic E-state index is 0.0935. The molecule has 1 aromatic rings. The Labute approximate surface area is 167 Å². The van der Waals surface area contributed by atoms with Crippen molar-refractivity contribution in [3.63, 3.8) is 0 Å². The Morgan fingerprint density at radius 1 is 1.18 bits per heavy atom. The van der Waals surface area contributed by atoms with Crippen molar-refractivity contribution in [1.29, 1.82) is 0 Å². The molecule has 0 N–H and O–H groups in total. The molecule has 6 heteroatoms. The summed E-state index contributed by atoms with van der Waals surface area (Å²) < 4.78 is 24.3. The summed E-state index contributed by atoms with van der Waals surface area (Å²) in [7, 11) is -0.567. The second-order valence-corrected chi connectivity index (χ2v) is 14.2. The normalized spacial score (nSPS) is 38.5. The van der Waals surface area contributed by atoms with Crippen molar-refractivity contribution < 1.29 is 23.7 Å². The number of hydrogen-bond acceptors (Lipinski definition) is 5. The van der Waals surface area contributed by atoms with Gasteiger partial charge < -0.3 is 18.9 Å². The van der Waals surface area contributed by atoms with Crippen LogP contribution in [0.25, 0.3) is 0 Å². The number of epoxide rings is 1. The maximum atomic E-state index is 13.5. The number of methoxy groups -OCH3 is 1. The molecular weight excluding hydrogens is 372 g/mol. The first-order valence-corrected chi connectivity index (χ1v) is 13.6. The quantitative estimate of drug-likeness (QED) is 0.442. The lowest BCUT2D eigenvalue weighted by molar-refractivity contribution is -0.219. The van der Waals surface area contributed by atoms with Gasteiger partial charge in [-0.15, -0.1) is 0 Å². The SMILES string of the molecule is COC(=O)[C@@]12CCC[C@H]3O[C@]31CC1(C[C@H]2[Si](C)(C)c2ccccc2)OCCO1. The average Bonchev–Trinajstić information content (AvgIpc) is 3.25. The van der Waals surface area contributed by atoms with E-state index in [4.69, 9.17) is 18.9 Å². The van der Waals surface area contributed by atoms with Gasteiger partial charge in [0, 0.05) is 12.8 Å². The Kier molecular flexibility index (Phi) is 4.12. The van der Waals surface area contributed by atoms with E-state index < -0.39 is 24.9 Å². The van der Waals surface area contributed by atoms with E-state index in [1.165, 1.54) is 12.3 Å². The molecule has 0 radical (unpaired) electrons. The second-order valence-electron chi connectivity index (χ2n) is 9.48. The van der Waals surface area contributed by atoms with Crippen molar-refractivity contribution in [2.24, 2.45) is 5.41 Å². The zero-order chi connectivity index (χ0) is 19.6. The number of carbonyl (C=O) groups is 1. The van der Waals surface area contributed by atoms with E-state index in [9.17, 15) is 4.79 Å². The van der Waals surface area contributed by atoms with Crippen LogP contribution in [0.3, 0.4) is 0 Å². The number of esters is 1. The molecule has 2 aliphatic carbocycles. The molecule has 1 aromatic carbocycles. The predicted molar refractivity (Wildman–Crippen MR) is 107 cm³/mol. The van der Waals surface area contributed by atoms with Crippen molar-refractivity contribution in [2.45, 2.75) is 68.2 Å². The summed E-state index contributed by atoms with van der Waals surface area (Å²) in [4.78, 5) is 13.5. The fourth-order valence-electron chi connectivity index (χ4n) is 6.68. The summed E-state index contributed by atoms with van der Waals surface area (Å²) >= 11 is 0. The van der Waals surface area contributed by atoms with Crippen LogP contribution in [0.15, 0.2) is 30.3 Å². The standard InChI is InChI=1S/C22H30O5Si/c1-24-19(23)21-11-7-10-17-22(21,27-17)15-20(25-12-13-26-20)14-18(21)28(2,3)16-8-5-4-6-9-16/h4-6,8-9,17-18H,7,10-15H2,1-3H3/t17-,18-,21+,22-/m1/s1. The Morgan fingerprint density at radius 2 is 1.89 bits per heavy atom. The van der Waals surface area contributed by atoms with Crippen molar-refractivity contribution >= 4 is 19.2 Å². The Morgan fingerprint density at radius 3 is 2.57 bits per heavy atom. The zero-order valence-corrected chi connectivity index (χ0v) is 18.0. The molecule has 2 saturated heterocycles. The zero-order valence-electron chi connectivity index (χ0n) is 17.0. The van der Waals surface area contributed by atoms with Gasteiger partial charge in [-0.05, 0) is 24.8 Å². The van der Waals surface area contributed by atoms with E-state index in [0.717, 1.165) is 25.7 Å². The number of benzene rings is 1. The molecule has 152 valence electrons. The fourth-order valence-corrected chi connectivity index (χ4v) is 10.7. The Hall–Kier alpha value is -1.21. The van der Waals surface area contributed by atoms with Crippen LogP contribution < -0.4 is 5.19 Å². The highest BCUT2D eigenvalue weighted by Crippen LogP contribution is 2.72. The maximum Gasteiger partial charge on any atom is 0.314 e. The Balaban J connectivity index is 1.68. The van der Waals surface area contributed by atoms with Gasteiger partial charge in [-0.25, -0.2) is 0 Å². The predicted octanol–water partition coefficient (Wildman–Crippen LogP) is 2.99. The summed E-state index contributed by atoms with van der Waals surface area (Å²) in [6, 6.07) is 10.7. The minimum atomic E-state index is -2.09. The molecule has 2 spiro atoms. The van der Waals surface area contributed by atoms with Gasteiger partial charge in [0.2, 0.25) is 0 Å². The van der Waals surface area contributed by atoms with Crippen molar-refractivity contribution in [2.75, 3.05) is 20.3 Å². The first-order valence-electron chi connectivity index (χ1n) is 10.5. The van der Waals surface area contributed by atoms with Gasteiger partial charge in [0.05, 0.1) is 34.5 Å². The molecule has 5 nitrogen and oxygen atoms in total. The van der Waals surface area contributed by atoms with Gasteiger partial charge in [0.15, 0.2) is 5.79 Å². The number of hydrogen-bond donors (Lipinski definition) is 0. The molecule has 0 amide bonds. The molecule has 0 unspecified atom stereocenters. The number of ether oxygens (including phenoxy) is 4. The lowest BCUT2D eigenvalue weighted by atomic mass is 9.57. The lowest BCUT2D eigenvalue weighted by Gasteiger charge is -2.57. The molecule has 2 heterocycles. The Bertz CT molecular complexity index is 774. The van der Waals surface area contributed by atoms with Crippen LogP contribution in [0, 0.1) is 5.41 Å². The van der Waals surface area contributed by atoms with Crippen LogP contribution >= 0.6 is 0 Å². The van der Waals surface area contributed by atoms with E-state index in [1.807, 2.05) is 0 Å². The smallest absolute Gasteiger partial charge is 0.314 e. The maximum absolute atomic E-state index is 13.5. The molecule has 5 rings (SSSR count). The minimum Gasteiger partial charge on any atom is -0.469 e. The first kappa shape index (κ1) is 18.8. The number of rotatable bonds is 3. The molecule has 0 aromatic heterocycles. The topological polar surface area (TPSA) is 57.3 Å². The summed E-state index contributed by atoms with van der Waals surface area (Å²) in [6.07, 6.45) is 4.36. The van der Waals surface area contributed by atoms with Gasteiger partial charge in [0.1, 0.15) is 11.0 Å². The molecule has 4 atom stereocenters. The monoisotopic (exact) mass is 402 g/mol. The molecule has 28 heavy (non-hydrogen) atoms. The van der Waals surface area contributed by atoms with Gasteiger partial charge in [-0.1, -0.05) is 48.6 Å². The fraction of sp³-hybridized carbons (Fsp3) is 0.682. The summed E-state index contributed by atoms with van der Waals surface area (Å²) in [5.74, 6) is -0.711. The molecule has 2 aliphatic heterocycles. The van der Waals surface area contributed by atoms with Crippen molar-refractivity contribution in [3.8, 4) is 0 Å². The van der Waals surface area contributed by atoms with E-state index in [-0.39, 0.29) is 17.6 Å². The van der Waals surface area contributed by atoms with E-state index in [2.05, 4.69) is 43.4 Å². The molecule has 0 bridgehead atoms. The van der Waals surface area contributed by atoms with Gasteiger partial charge >= 0.3 is 5.97 Å². The molecule has 4 aliphatic rings. The summed E-state index contributed by atoms with van der Waals surface area (Å²) in [5, 5.41) is 1.36. The summed E-state index contributed by atoms with van der Waals surface area (Å²) in [6.45, 7) is 5.99. The van der Waals surface area contributed by atoms with Crippen LogP contribution in [-0.4, -0.2) is 51.9 Å². The van der Waals surface area contributed by atoms with Gasteiger partial charge in [0.25, 0.3) is 0 Å². The first-order chi connectivity index (χ1) is 13.4. The molecule has 2 saturated carbocycles. The van der Waals surface area contributed by atoms with E-state index >= 15 is 0 Å². The highest BCUT2D eigenvalue weighted by Gasteiger charge is 2.81. The highest BCUT2D eigenvalue weighted by atomic mass is 28.3. The third-order valence-corrected chi connectivity index (χ3v) is 12.3. The third kappa shape index (κ3) is 2.32. The van der Waals surface area contributed by atoms with Crippen LogP contribution in [0.5, 0.6) is 0 Å². The highest BCUT2D eigenvalue weighted by molar-refractivity contribution is 6.91.